The van der Waals surface area contributed by atoms with E-state index in [1.807, 2.05) is 39.2 Å². The lowest BCUT2D eigenvalue weighted by atomic mass is 10.1. The first-order chi connectivity index (χ1) is 9.93. The van der Waals surface area contributed by atoms with Crippen LogP contribution in [0, 0.1) is 6.92 Å². The van der Waals surface area contributed by atoms with Crippen LogP contribution in [0.4, 0.5) is 0 Å². The molecule has 114 valence electrons. The standard InChI is InChI=1S/C15H19Cl2N3O/c1-9(18-3)12-7-11(16)5-6-14(12)21-8-13-10(2)19-20(4)15(13)17/h5-7,9,18H,8H2,1-4H3. The Morgan fingerprint density at radius 3 is 2.67 bits per heavy atom. The Morgan fingerprint density at radius 2 is 2.10 bits per heavy atom. The van der Waals surface area contributed by atoms with Crippen LogP contribution < -0.4 is 10.1 Å². The summed E-state index contributed by atoms with van der Waals surface area (Å²) in [5, 5.41) is 8.77. The predicted molar refractivity (Wildman–Crippen MR) is 86.2 cm³/mol. The van der Waals surface area contributed by atoms with Gasteiger partial charge in [-0.1, -0.05) is 23.2 Å². The largest absolute Gasteiger partial charge is 0.488 e. The van der Waals surface area contributed by atoms with Crippen LogP contribution in [0.25, 0.3) is 0 Å². The van der Waals surface area contributed by atoms with E-state index in [4.69, 9.17) is 27.9 Å². The second kappa shape index (κ2) is 6.69. The number of benzene rings is 1. The number of halogens is 2. The first kappa shape index (κ1) is 16.1. The van der Waals surface area contributed by atoms with Crippen LogP contribution in [-0.2, 0) is 13.7 Å². The van der Waals surface area contributed by atoms with Gasteiger partial charge in [-0.15, -0.1) is 0 Å². The summed E-state index contributed by atoms with van der Waals surface area (Å²) >= 11 is 12.3. The summed E-state index contributed by atoms with van der Waals surface area (Å²) in [7, 11) is 3.72. The maximum atomic E-state index is 6.22. The normalized spacial score (nSPS) is 12.5. The second-order valence-corrected chi connectivity index (χ2v) is 5.75. The Kier molecular flexibility index (Phi) is 5.14. The molecule has 0 saturated heterocycles. The van der Waals surface area contributed by atoms with Crippen LogP contribution >= 0.6 is 23.2 Å². The zero-order valence-corrected chi connectivity index (χ0v) is 14.1. The molecule has 0 radical (unpaired) electrons. The number of rotatable bonds is 5. The van der Waals surface area contributed by atoms with Crippen molar-refractivity contribution in [2.24, 2.45) is 7.05 Å². The molecule has 0 amide bonds. The van der Waals surface area contributed by atoms with Crippen molar-refractivity contribution in [3.8, 4) is 5.75 Å². The third-order valence-corrected chi connectivity index (χ3v) is 4.22. The van der Waals surface area contributed by atoms with Crippen LogP contribution in [0.1, 0.15) is 29.8 Å². The highest BCUT2D eigenvalue weighted by molar-refractivity contribution is 6.30. The molecule has 0 aliphatic carbocycles. The lowest BCUT2D eigenvalue weighted by molar-refractivity contribution is 0.299. The molecule has 6 heteroatoms. The van der Waals surface area contributed by atoms with Gasteiger partial charge >= 0.3 is 0 Å². The van der Waals surface area contributed by atoms with E-state index < -0.39 is 0 Å². The molecule has 0 aliphatic heterocycles. The minimum absolute atomic E-state index is 0.143. The van der Waals surface area contributed by atoms with E-state index in [1.165, 1.54) is 0 Å². The average molecular weight is 328 g/mol. The third-order valence-electron chi connectivity index (χ3n) is 3.51. The monoisotopic (exact) mass is 327 g/mol. The summed E-state index contributed by atoms with van der Waals surface area (Å²) in [6.45, 7) is 4.36. The van der Waals surface area contributed by atoms with Gasteiger partial charge in [0.25, 0.3) is 0 Å². The molecule has 0 fully saturated rings. The number of hydrogen-bond acceptors (Lipinski definition) is 3. The maximum absolute atomic E-state index is 6.22. The molecule has 21 heavy (non-hydrogen) atoms. The number of ether oxygens (including phenoxy) is 1. The highest BCUT2D eigenvalue weighted by atomic mass is 35.5. The number of aryl methyl sites for hydroxylation is 2. The molecule has 0 aliphatic rings. The van der Waals surface area contributed by atoms with Gasteiger partial charge in [0.05, 0.1) is 5.69 Å². The lowest BCUT2D eigenvalue weighted by Crippen LogP contribution is -2.14. The van der Waals surface area contributed by atoms with Crippen LogP contribution in [0.2, 0.25) is 10.2 Å². The van der Waals surface area contributed by atoms with Gasteiger partial charge in [-0.3, -0.25) is 4.68 Å². The van der Waals surface area contributed by atoms with Gasteiger partial charge in [-0.2, -0.15) is 5.10 Å². The molecule has 4 nitrogen and oxygen atoms in total. The molecule has 1 N–H and O–H groups in total. The van der Waals surface area contributed by atoms with Crippen molar-refractivity contribution in [3.05, 3.63) is 45.2 Å². The number of nitrogens with zero attached hydrogens (tertiary/aromatic N) is 2. The fourth-order valence-corrected chi connectivity index (χ4v) is 2.54. The van der Waals surface area contributed by atoms with Crippen molar-refractivity contribution in [2.75, 3.05) is 7.05 Å². The number of nitrogens with one attached hydrogen (secondary N) is 1. The summed E-state index contributed by atoms with van der Waals surface area (Å²) in [4.78, 5) is 0. The quantitative estimate of drug-likeness (QED) is 0.905. The van der Waals surface area contributed by atoms with Crippen LogP contribution in [0.5, 0.6) is 5.75 Å². The van der Waals surface area contributed by atoms with Gasteiger partial charge in [-0.25, -0.2) is 0 Å². The molecule has 1 heterocycles. The Morgan fingerprint density at radius 1 is 1.38 bits per heavy atom. The molecule has 1 atom stereocenters. The smallest absolute Gasteiger partial charge is 0.133 e. The van der Waals surface area contributed by atoms with Gasteiger partial charge in [0.2, 0.25) is 0 Å². The van der Waals surface area contributed by atoms with E-state index in [2.05, 4.69) is 17.3 Å². The first-order valence-corrected chi connectivity index (χ1v) is 7.47. The summed E-state index contributed by atoms with van der Waals surface area (Å²) in [5.74, 6) is 0.792. The van der Waals surface area contributed by atoms with Crippen LogP contribution in [-0.4, -0.2) is 16.8 Å². The van der Waals surface area contributed by atoms with E-state index >= 15 is 0 Å². The SMILES string of the molecule is CNC(C)c1cc(Cl)ccc1OCc1c(C)nn(C)c1Cl. The van der Waals surface area contributed by atoms with E-state index in [0.29, 0.717) is 16.8 Å². The van der Waals surface area contributed by atoms with Crippen molar-refractivity contribution in [1.82, 2.24) is 15.1 Å². The second-order valence-electron chi connectivity index (χ2n) is 4.96. The van der Waals surface area contributed by atoms with Crippen molar-refractivity contribution in [2.45, 2.75) is 26.5 Å². The Labute approximate surface area is 135 Å². The van der Waals surface area contributed by atoms with E-state index in [9.17, 15) is 0 Å². The molecular weight excluding hydrogens is 309 g/mol. The van der Waals surface area contributed by atoms with Crippen molar-refractivity contribution in [1.29, 1.82) is 0 Å². The third kappa shape index (κ3) is 3.51. The molecule has 0 spiro atoms. The van der Waals surface area contributed by atoms with Crippen molar-refractivity contribution >= 4 is 23.2 Å². The number of hydrogen-bond donors (Lipinski definition) is 1. The Balaban J connectivity index is 2.24. The molecule has 2 rings (SSSR count). The molecular formula is C15H19Cl2N3O. The highest BCUT2D eigenvalue weighted by Crippen LogP contribution is 2.30. The summed E-state index contributed by atoms with van der Waals surface area (Å²) in [5.41, 5.74) is 2.79. The van der Waals surface area contributed by atoms with Crippen LogP contribution in [0.15, 0.2) is 18.2 Å². The molecule has 0 saturated carbocycles. The summed E-state index contributed by atoms with van der Waals surface area (Å²) in [6, 6.07) is 5.76. The van der Waals surface area contributed by atoms with Gasteiger partial charge in [0.15, 0.2) is 0 Å². The lowest BCUT2D eigenvalue weighted by Gasteiger charge is -2.17. The molecule has 1 unspecified atom stereocenters. The average Bonchev–Trinajstić information content (AvgIpc) is 2.70. The predicted octanol–water partition coefficient (Wildman–Crippen LogP) is 3.89. The fraction of sp³-hybridized carbons (Fsp3) is 0.400. The topological polar surface area (TPSA) is 39.1 Å². The van der Waals surface area contributed by atoms with Crippen LogP contribution in [0.3, 0.4) is 0 Å². The maximum Gasteiger partial charge on any atom is 0.133 e. The zero-order valence-electron chi connectivity index (χ0n) is 12.6. The minimum atomic E-state index is 0.143. The van der Waals surface area contributed by atoms with E-state index in [-0.39, 0.29) is 6.04 Å². The first-order valence-electron chi connectivity index (χ1n) is 6.71. The van der Waals surface area contributed by atoms with E-state index in [1.54, 1.807) is 4.68 Å². The van der Waals surface area contributed by atoms with Gasteiger partial charge in [-0.05, 0) is 39.1 Å². The van der Waals surface area contributed by atoms with Gasteiger partial charge < -0.3 is 10.1 Å². The van der Waals surface area contributed by atoms with Gasteiger partial charge in [0, 0.05) is 29.2 Å². The Bertz CT molecular complexity index is 640. The highest BCUT2D eigenvalue weighted by Gasteiger charge is 2.15. The Hall–Kier alpha value is -1.23. The zero-order chi connectivity index (χ0) is 15.6. The number of aromatic nitrogens is 2. The summed E-state index contributed by atoms with van der Waals surface area (Å²) in [6.07, 6.45) is 0. The van der Waals surface area contributed by atoms with Crippen molar-refractivity contribution in [3.63, 3.8) is 0 Å². The summed E-state index contributed by atoms with van der Waals surface area (Å²) < 4.78 is 7.59. The molecule has 1 aromatic heterocycles. The van der Waals surface area contributed by atoms with Gasteiger partial charge in [0.1, 0.15) is 17.5 Å². The van der Waals surface area contributed by atoms with E-state index in [0.717, 1.165) is 22.6 Å². The molecule has 2 aromatic rings. The fourth-order valence-electron chi connectivity index (χ4n) is 2.13. The molecule has 0 bridgehead atoms. The van der Waals surface area contributed by atoms with Crippen molar-refractivity contribution < 1.29 is 4.74 Å². The minimum Gasteiger partial charge on any atom is -0.488 e. The molecule has 1 aromatic carbocycles.